The van der Waals surface area contributed by atoms with Gasteiger partial charge in [-0.2, -0.15) is 5.26 Å². The summed E-state index contributed by atoms with van der Waals surface area (Å²) < 4.78 is 0. The number of hydrogen-bond acceptors (Lipinski definition) is 4. The van der Waals surface area contributed by atoms with Crippen molar-refractivity contribution in [3.63, 3.8) is 0 Å². The number of rotatable bonds is 5. The summed E-state index contributed by atoms with van der Waals surface area (Å²) in [6, 6.07) is 57.0. The van der Waals surface area contributed by atoms with Crippen LogP contribution in [0.5, 0.6) is 0 Å². The van der Waals surface area contributed by atoms with Crippen LogP contribution in [-0.2, 0) is 0 Å². The topological polar surface area (TPSA) is 60.2 Å². The van der Waals surface area contributed by atoms with E-state index in [9.17, 15) is 5.26 Å². The molecule has 0 spiro atoms. The molecule has 2 N–H and O–H groups in total. The number of aliphatic imine (C=N–C) groups is 1. The maximum Gasteiger partial charge on any atom is 0.131 e. The predicted octanol–water partition coefficient (Wildman–Crippen LogP) is 9.54. The molecule has 8 rings (SSSR count). The maximum absolute atomic E-state index is 9.25. The zero-order valence-electron chi connectivity index (χ0n) is 25.1. The second-order valence-corrected chi connectivity index (χ2v) is 11.5. The summed E-state index contributed by atoms with van der Waals surface area (Å²) in [7, 11) is 0. The molecule has 2 unspecified atom stereocenters. The van der Waals surface area contributed by atoms with Crippen LogP contribution in [0.2, 0.25) is 0 Å². The molecule has 7 aromatic carbocycles. The normalized spacial score (nSPS) is 16.0. The SMILES string of the molecule is N#Cc1ccc(-c2ccc(-c3c(C4NC(c5ccccc5)=NC(c5ccccc5)N4)c4ccccc4c4ccccc34)cc2)cc1. The Bertz CT molecular complexity index is 2250. The molecule has 46 heavy (non-hydrogen) atoms. The first kappa shape index (κ1) is 27.5. The first-order valence-electron chi connectivity index (χ1n) is 15.5. The highest BCUT2D eigenvalue weighted by Gasteiger charge is 2.30. The van der Waals surface area contributed by atoms with Crippen molar-refractivity contribution < 1.29 is 0 Å². The van der Waals surface area contributed by atoms with Crippen molar-refractivity contribution in [2.24, 2.45) is 4.99 Å². The first-order valence-corrected chi connectivity index (χ1v) is 15.5. The van der Waals surface area contributed by atoms with E-state index < -0.39 is 0 Å². The molecular weight excluding hydrogens is 560 g/mol. The molecule has 1 heterocycles. The van der Waals surface area contributed by atoms with Crippen molar-refractivity contribution in [2.45, 2.75) is 12.3 Å². The third-order valence-electron chi connectivity index (χ3n) is 8.81. The van der Waals surface area contributed by atoms with Crippen LogP contribution in [0.25, 0.3) is 43.8 Å². The third-order valence-corrected chi connectivity index (χ3v) is 8.81. The Labute approximate surface area is 268 Å². The quantitative estimate of drug-likeness (QED) is 0.196. The van der Waals surface area contributed by atoms with E-state index in [1.54, 1.807) is 0 Å². The lowest BCUT2D eigenvalue weighted by atomic mass is 9.86. The zero-order valence-corrected chi connectivity index (χ0v) is 25.1. The molecule has 1 aliphatic heterocycles. The molecule has 0 fully saturated rings. The second-order valence-electron chi connectivity index (χ2n) is 11.5. The van der Waals surface area contributed by atoms with Gasteiger partial charge >= 0.3 is 0 Å². The predicted molar refractivity (Wildman–Crippen MR) is 188 cm³/mol. The molecule has 0 radical (unpaired) electrons. The average molecular weight is 591 g/mol. The molecule has 0 aromatic heterocycles. The first-order chi connectivity index (χ1) is 22.8. The standard InChI is InChI=1S/C42H30N4/c43-27-28-19-21-29(22-20-28)30-23-25-31(26-24-30)38-36-17-9-7-15-34(36)35-16-8-10-18-37(35)39(38)42-45-40(32-11-3-1-4-12-32)44-41(46-42)33-13-5-2-6-14-33/h1-26,40,42,45H,(H,44,46). The summed E-state index contributed by atoms with van der Waals surface area (Å²) in [5, 5.41) is 21.8. The van der Waals surface area contributed by atoms with E-state index in [4.69, 9.17) is 4.99 Å². The van der Waals surface area contributed by atoms with Crippen molar-refractivity contribution in [2.75, 3.05) is 0 Å². The van der Waals surface area contributed by atoms with Gasteiger partial charge in [0.1, 0.15) is 18.2 Å². The molecule has 218 valence electrons. The Morgan fingerprint density at radius 1 is 0.500 bits per heavy atom. The van der Waals surface area contributed by atoms with E-state index in [2.05, 4.69) is 138 Å². The lowest BCUT2D eigenvalue weighted by Crippen LogP contribution is -2.45. The van der Waals surface area contributed by atoms with Crippen LogP contribution in [0.4, 0.5) is 0 Å². The summed E-state index contributed by atoms with van der Waals surface area (Å²) in [4.78, 5) is 5.17. The van der Waals surface area contributed by atoms with Gasteiger partial charge in [0.2, 0.25) is 0 Å². The Morgan fingerprint density at radius 2 is 1.02 bits per heavy atom. The summed E-state index contributed by atoms with van der Waals surface area (Å²) in [5.41, 5.74) is 8.52. The van der Waals surface area contributed by atoms with Crippen LogP contribution in [0, 0.1) is 11.3 Å². The molecule has 0 saturated carbocycles. The van der Waals surface area contributed by atoms with Crippen LogP contribution < -0.4 is 10.6 Å². The molecule has 0 saturated heterocycles. The lowest BCUT2D eigenvalue weighted by molar-refractivity contribution is 0.412. The van der Waals surface area contributed by atoms with Gasteiger partial charge in [-0.05, 0) is 61.5 Å². The molecule has 4 heteroatoms. The maximum atomic E-state index is 9.25. The minimum atomic E-state index is -0.237. The molecule has 4 nitrogen and oxygen atoms in total. The van der Waals surface area contributed by atoms with Gasteiger partial charge in [-0.25, -0.2) is 4.99 Å². The average Bonchev–Trinajstić information content (AvgIpc) is 3.15. The van der Waals surface area contributed by atoms with Crippen molar-refractivity contribution in [3.05, 3.63) is 180 Å². The van der Waals surface area contributed by atoms with Crippen LogP contribution in [-0.4, -0.2) is 5.84 Å². The van der Waals surface area contributed by atoms with Gasteiger partial charge in [-0.3, -0.25) is 5.32 Å². The zero-order chi connectivity index (χ0) is 30.9. The summed E-state index contributed by atoms with van der Waals surface area (Å²) in [6.07, 6.45) is -0.472. The fourth-order valence-corrected chi connectivity index (χ4v) is 6.60. The Hall–Kier alpha value is -6.02. The van der Waals surface area contributed by atoms with Gasteiger partial charge in [0.15, 0.2) is 0 Å². The number of nitrogens with zero attached hydrogens (tertiary/aromatic N) is 2. The van der Waals surface area contributed by atoms with Crippen molar-refractivity contribution >= 4 is 27.4 Å². The van der Waals surface area contributed by atoms with E-state index in [0.29, 0.717) is 5.56 Å². The molecular formula is C42H30N4. The van der Waals surface area contributed by atoms with Crippen LogP contribution >= 0.6 is 0 Å². The van der Waals surface area contributed by atoms with E-state index in [0.717, 1.165) is 33.7 Å². The van der Waals surface area contributed by atoms with Crippen LogP contribution in [0.3, 0.4) is 0 Å². The largest absolute Gasteiger partial charge is 0.350 e. The highest BCUT2D eigenvalue weighted by atomic mass is 15.3. The molecule has 1 aliphatic rings. The molecule has 0 amide bonds. The third kappa shape index (κ3) is 4.99. The number of nitrogens with one attached hydrogen (secondary N) is 2. The summed E-state index contributed by atoms with van der Waals surface area (Å²) >= 11 is 0. The number of benzene rings is 7. The van der Waals surface area contributed by atoms with Crippen molar-refractivity contribution in [1.82, 2.24) is 10.6 Å². The van der Waals surface area contributed by atoms with E-state index in [-0.39, 0.29) is 12.3 Å². The minimum absolute atomic E-state index is 0.236. The fourth-order valence-electron chi connectivity index (χ4n) is 6.60. The van der Waals surface area contributed by atoms with E-state index in [1.807, 2.05) is 36.4 Å². The Kier molecular flexibility index (Phi) is 7.07. The van der Waals surface area contributed by atoms with Crippen molar-refractivity contribution in [3.8, 4) is 28.3 Å². The van der Waals surface area contributed by atoms with Crippen molar-refractivity contribution in [1.29, 1.82) is 5.26 Å². The second kappa shape index (κ2) is 11.8. The Morgan fingerprint density at radius 3 is 1.67 bits per heavy atom. The summed E-state index contributed by atoms with van der Waals surface area (Å²) in [6.45, 7) is 0. The van der Waals surface area contributed by atoms with E-state index in [1.165, 1.54) is 32.7 Å². The van der Waals surface area contributed by atoms with Crippen LogP contribution in [0.15, 0.2) is 163 Å². The monoisotopic (exact) mass is 590 g/mol. The smallest absolute Gasteiger partial charge is 0.131 e. The van der Waals surface area contributed by atoms with Gasteiger partial charge < -0.3 is 5.32 Å². The van der Waals surface area contributed by atoms with Gasteiger partial charge in [-0.15, -0.1) is 0 Å². The van der Waals surface area contributed by atoms with E-state index >= 15 is 0 Å². The highest BCUT2D eigenvalue weighted by Crippen LogP contribution is 2.43. The van der Waals surface area contributed by atoms with Gasteiger partial charge in [0, 0.05) is 11.1 Å². The lowest BCUT2D eigenvalue weighted by Gasteiger charge is -2.34. The number of fused-ring (bicyclic) bond motifs is 3. The molecule has 7 aromatic rings. The number of amidine groups is 1. The number of nitriles is 1. The van der Waals surface area contributed by atoms with Gasteiger partial charge in [-0.1, -0.05) is 146 Å². The molecule has 2 atom stereocenters. The van der Waals surface area contributed by atoms with Gasteiger partial charge in [0.25, 0.3) is 0 Å². The summed E-state index contributed by atoms with van der Waals surface area (Å²) in [5.74, 6) is 0.859. The highest BCUT2D eigenvalue weighted by molar-refractivity contribution is 6.16. The fraction of sp³-hybridized carbons (Fsp3) is 0.0476. The Balaban J connectivity index is 1.34. The molecule has 0 bridgehead atoms. The number of hydrogen-bond donors (Lipinski definition) is 2. The molecule has 0 aliphatic carbocycles. The minimum Gasteiger partial charge on any atom is -0.350 e. The van der Waals surface area contributed by atoms with Gasteiger partial charge in [0.05, 0.1) is 11.6 Å². The van der Waals surface area contributed by atoms with Crippen LogP contribution in [0.1, 0.15) is 34.6 Å².